The molecule has 0 atom stereocenters. The second kappa shape index (κ2) is 3.65. The maximum absolute atomic E-state index is 5.85. The summed E-state index contributed by atoms with van der Waals surface area (Å²) in [5, 5.41) is 2.25. The van der Waals surface area contributed by atoms with E-state index in [0.29, 0.717) is 0 Å². The van der Waals surface area contributed by atoms with Gasteiger partial charge in [-0.2, -0.15) is 10.9 Å². The Balaban J connectivity index is 2.74. The third-order valence-electron chi connectivity index (χ3n) is 2.63. The Morgan fingerprint density at radius 2 is 1.31 bits per heavy atom. The third kappa shape index (κ3) is 1.31. The van der Waals surface area contributed by atoms with E-state index in [-0.39, 0.29) is 0 Å². The second-order valence-electron chi connectivity index (χ2n) is 3.57. The summed E-state index contributed by atoms with van der Waals surface area (Å²) in [5.41, 5.74) is 1.82. The molecule has 0 bridgehead atoms. The Bertz CT molecular complexity index is 707. The van der Waals surface area contributed by atoms with E-state index < -0.39 is 0 Å². The summed E-state index contributed by atoms with van der Waals surface area (Å²) in [6.45, 7) is 0. The topological polar surface area (TPSA) is 13.1 Å². The maximum atomic E-state index is 5.85. The highest BCUT2D eigenvalue weighted by molar-refractivity contribution is 7.88. The van der Waals surface area contributed by atoms with Gasteiger partial charge in [0.2, 0.25) is 0 Å². The summed E-state index contributed by atoms with van der Waals surface area (Å²) in [5.74, 6) is 3.93. The van der Waals surface area contributed by atoms with Crippen molar-refractivity contribution in [2.75, 3.05) is 0 Å². The summed E-state index contributed by atoms with van der Waals surface area (Å²) in [7, 11) is 1.52. The number of rotatable bonds is 0. The van der Waals surface area contributed by atoms with Crippen LogP contribution in [0.4, 0.5) is 0 Å². The monoisotopic (exact) mass is 226 g/mol. The molecule has 0 N–H and O–H groups in total. The van der Waals surface area contributed by atoms with Crippen molar-refractivity contribution in [2.24, 2.45) is 0 Å². The lowest BCUT2D eigenvalue weighted by molar-refractivity contribution is 0.660. The lowest BCUT2D eigenvalue weighted by Gasteiger charge is -2.01. The molecule has 0 aliphatic heterocycles. The molecule has 2 heteroatoms. The van der Waals surface area contributed by atoms with Crippen molar-refractivity contribution in [3.05, 3.63) is 53.0 Å². The van der Waals surface area contributed by atoms with Crippen molar-refractivity contribution in [1.29, 1.82) is 0 Å². The van der Waals surface area contributed by atoms with Gasteiger partial charge in [0.1, 0.15) is 11.2 Å². The molecular weight excluding hydrogens is 216 g/mol. The van der Waals surface area contributed by atoms with Gasteiger partial charge in [0.05, 0.1) is 0 Å². The van der Waals surface area contributed by atoms with E-state index in [2.05, 4.69) is 18.0 Å². The lowest BCUT2D eigenvalue weighted by Crippen LogP contribution is -1.78. The highest BCUT2D eigenvalue weighted by Crippen LogP contribution is 2.25. The third-order valence-corrected chi connectivity index (χ3v) is 3.36. The molecule has 0 saturated heterocycles. The highest BCUT2D eigenvalue weighted by atomic mass is 32.1. The van der Waals surface area contributed by atoms with Crippen molar-refractivity contribution < 1.29 is 4.42 Å². The Morgan fingerprint density at radius 3 is 1.81 bits per heavy atom. The van der Waals surface area contributed by atoms with Crippen molar-refractivity contribution in [3.63, 3.8) is 0 Å². The Kier molecular flexibility index (Phi) is 2.15. The van der Waals surface area contributed by atoms with Crippen LogP contribution in [0, 0.1) is 4.51 Å². The molecule has 78 valence electrons. The zero-order chi connectivity index (χ0) is 11.0. The normalized spacial score (nSPS) is 10.8. The average molecular weight is 226 g/mol. The van der Waals surface area contributed by atoms with Crippen molar-refractivity contribution in [3.8, 4) is 0 Å². The van der Waals surface area contributed by atoms with Crippen LogP contribution in [0.25, 0.3) is 21.9 Å². The fourth-order valence-corrected chi connectivity index (χ4v) is 2.55. The van der Waals surface area contributed by atoms with Gasteiger partial charge in [-0.1, -0.05) is 24.3 Å². The molecule has 1 nitrogen and oxygen atoms in total. The quantitative estimate of drug-likeness (QED) is 0.412. The minimum atomic E-state index is 0.910. The summed E-state index contributed by atoms with van der Waals surface area (Å²) in [6, 6.07) is 16.1. The van der Waals surface area contributed by atoms with Crippen LogP contribution in [0.2, 0.25) is 0 Å². The van der Waals surface area contributed by atoms with E-state index in [0.717, 1.165) is 21.9 Å². The van der Waals surface area contributed by atoms with Crippen LogP contribution in [0.1, 0.15) is 0 Å². The molecule has 3 aromatic rings. The van der Waals surface area contributed by atoms with Gasteiger partial charge >= 0.3 is 0 Å². The summed E-state index contributed by atoms with van der Waals surface area (Å²) >= 11 is 0. The van der Waals surface area contributed by atoms with Crippen LogP contribution in [0.15, 0.2) is 52.9 Å². The fourth-order valence-electron chi connectivity index (χ4n) is 1.91. The SMILES string of the molecule is C=S=c1c2ccccc2oc2ccccc12. The van der Waals surface area contributed by atoms with Crippen LogP contribution in [0.5, 0.6) is 0 Å². The summed E-state index contributed by atoms with van der Waals surface area (Å²) in [6.07, 6.45) is 0. The van der Waals surface area contributed by atoms with Gasteiger partial charge in [-0.3, -0.25) is 0 Å². The Labute approximate surface area is 96.5 Å². The standard InChI is InChI=1S/C14H10OS/c1-16-14-10-6-2-4-8-12(10)15-13-9-5-3-7-11(13)14/h2-9H,1H2. The molecule has 0 aliphatic carbocycles. The van der Waals surface area contributed by atoms with E-state index in [1.54, 1.807) is 0 Å². The van der Waals surface area contributed by atoms with Crippen LogP contribution in [-0.4, -0.2) is 5.87 Å². The number of hydrogen-bond acceptors (Lipinski definition) is 1. The van der Waals surface area contributed by atoms with E-state index in [4.69, 9.17) is 4.42 Å². The zero-order valence-electron chi connectivity index (χ0n) is 8.64. The number of benzene rings is 2. The smallest absolute Gasteiger partial charge is 0.136 e. The minimum Gasteiger partial charge on any atom is -0.456 e. The van der Waals surface area contributed by atoms with Gasteiger partial charge in [0.15, 0.2) is 0 Å². The first-order valence-corrected chi connectivity index (χ1v) is 6.04. The predicted octanol–water partition coefficient (Wildman–Crippen LogP) is 4.28. The molecule has 0 aliphatic rings. The Hall–Kier alpha value is -1.80. The molecule has 0 fully saturated rings. The molecule has 0 unspecified atom stereocenters. The van der Waals surface area contributed by atoms with Crippen molar-refractivity contribution in [1.82, 2.24) is 0 Å². The van der Waals surface area contributed by atoms with Gasteiger partial charge in [-0.25, -0.2) is 0 Å². The van der Waals surface area contributed by atoms with E-state index in [1.165, 1.54) is 15.5 Å². The molecule has 16 heavy (non-hydrogen) atoms. The summed E-state index contributed by atoms with van der Waals surface area (Å²) < 4.78 is 7.03. The van der Waals surface area contributed by atoms with Crippen LogP contribution in [0.3, 0.4) is 0 Å². The largest absolute Gasteiger partial charge is 0.456 e. The van der Waals surface area contributed by atoms with Crippen molar-refractivity contribution >= 4 is 38.7 Å². The second-order valence-corrected chi connectivity index (χ2v) is 4.26. The maximum Gasteiger partial charge on any atom is 0.136 e. The number of para-hydroxylation sites is 2. The van der Waals surface area contributed by atoms with Gasteiger partial charge in [-0.15, -0.1) is 0 Å². The van der Waals surface area contributed by atoms with E-state index in [1.807, 2.05) is 36.4 Å². The van der Waals surface area contributed by atoms with Crippen LogP contribution >= 0.6 is 10.9 Å². The fraction of sp³-hybridized carbons (Fsp3) is 0. The van der Waals surface area contributed by atoms with Gasteiger partial charge in [0, 0.05) is 15.3 Å². The van der Waals surface area contributed by atoms with Crippen LogP contribution < -0.4 is 0 Å². The lowest BCUT2D eigenvalue weighted by atomic mass is 10.1. The van der Waals surface area contributed by atoms with Gasteiger partial charge < -0.3 is 4.42 Å². The molecular formula is C14H10OS. The molecule has 2 aromatic carbocycles. The van der Waals surface area contributed by atoms with Crippen molar-refractivity contribution in [2.45, 2.75) is 0 Å². The molecule has 0 amide bonds. The predicted molar refractivity (Wildman–Crippen MR) is 71.7 cm³/mol. The first-order valence-electron chi connectivity index (χ1n) is 5.06. The average Bonchev–Trinajstić information content (AvgIpc) is 2.36. The highest BCUT2D eigenvalue weighted by Gasteiger charge is 2.02. The van der Waals surface area contributed by atoms with E-state index >= 15 is 0 Å². The molecule has 0 saturated carbocycles. The molecule has 1 aromatic heterocycles. The Morgan fingerprint density at radius 1 is 0.812 bits per heavy atom. The zero-order valence-corrected chi connectivity index (χ0v) is 9.46. The first-order chi connectivity index (χ1) is 7.90. The molecule has 3 rings (SSSR count). The molecule has 0 radical (unpaired) electrons. The van der Waals surface area contributed by atoms with E-state index in [9.17, 15) is 0 Å². The molecule has 0 spiro atoms. The first kappa shape index (κ1) is 9.43. The minimum absolute atomic E-state index is 0.910. The summed E-state index contributed by atoms with van der Waals surface area (Å²) in [4.78, 5) is 0. The number of fused-ring (bicyclic) bond motifs is 2. The van der Waals surface area contributed by atoms with Gasteiger partial charge in [0.25, 0.3) is 0 Å². The van der Waals surface area contributed by atoms with Crippen LogP contribution in [-0.2, 0) is 0 Å². The van der Waals surface area contributed by atoms with Gasteiger partial charge in [-0.05, 0) is 30.1 Å². The molecule has 1 heterocycles. The number of hydrogen-bond donors (Lipinski definition) is 0.